The third-order valence-electron chi connectivity index (χ3n) is 8.30. The van der Waals surface area contributed by atoms with Gasteiger partial charge in [-0.1, -0.05) is 35.4 Å². The van der Waals surface area contributed by atoms with Crippen molar-refractivity contribution in [3.05, 3.63) is 46.3 Å². The van der Waals surface area contributed by atoms with Crippen LogP contribution in [0.3, 0.4) is 0 Å². The van der Waals surface area contributed by atoms with Crippen molar-refractivity contribution < 1.29 is 68.2 Å². The SMILES string of the molecule is CO[C@H]1C(N=[N+]=[N-])[C@H]2OCC(O2)[C@@H]1O[C@H]1O[C@H](CO)[C@@H](O[C@H]2O[C@H]3COC(c4ccccc4)O[C@H]3C(O)C2O)C(O)C1O. The van der Waals surface area contributed by atoms with E-state index in [2.05, 4.69) is 10.0 Å². The van der Waals surface area contributed by atoms with Crippen molar-refractivity contribution in [1.29, 1.82) is 0 Å². The van der Waals surface area contributed by atoms with E-state index in [1.165, 1.54) is 7.11 Å². The number of fused-ring (bicyclic) bond motifs is 3. The molecule has 7 unspecified atom stereocenters. The van der Waals surface area contributed by atoms with Gasteiger partial charge in [0.2, 0.25) is 0 Å². The minimum Gasteiger partial charge on any atom is -0.394 e. The molecule has 0 radical (unpaired) electrons. The van der Waals surface area contributed by atoms with E-state index >= 15 is 0 Å². The monoisotopic (exact) mass is 613 g/mol. The smallest absolute Gasteiger partial charge is 0.187 e. The summed E-state index contributed by atoms with van der Waals surface area (Å²) in [6.45, 7) is -0.581. The number of benzene rings is 1. The van der Waals surface area contributed by atoms with Gasteiger partial charge >= 0.3 is 0 Å². The number of azide groups is 1. The summed E-state index contributed by atoms with van der Waals surface area (Å²) in [6.07, 6.45) is -18.0. The van der Waals surface area contributed by atoms with Crippen molar-refractivity contribution in [1.82, 2.24) is 0 Å². The average Bonchev–Trinajstić information content (AvgIpc) is 3.47. The third-order valence-corrected chi connectivity index (χ3v) is 8.30. The number of ether oxygens (including phenoxy) is 9. The van der Waals surface area contributed by atoms with Gasteiger partial charge < -0.3 is 68.2 Å². The molecule has 2 bridgehead atoms. The number of aliphatic hydroxyl groups is 5. The Balaban J connectivity index is 1.11. The van der Waals surface area contributed by atoms with Crippen LogP contribution in [0.4, 0.5) is 0 Å². The van der Waals surface area contributed by atoms with Gasteiger partial charge in [-0.2, -0.15) is 0 Å². The highest BCUT2D eigenvalue weighted by molar-refractivity contribution is 5.16. The fourth-order valence-corrected chi connectivity index (χ4v) is 6.08. The molecule has 1 aromatic rings. The maximum absolute atomic E-state index is 11.1. The molecule has 1 aromatic carbocycles. The second kappa shape index (κ2) is 13.1. The minimum absolute atomic E-state index is 0.00621. The molecule has 0 spiro atoms. The summed E-state index contributed by atoms with van der Waals surface area (Å²) in [5.74, 6) is 0. The Kier molecular flexibility index (Phi) is 9.46. The van der Waals surface area contributed by atoms with Gasteiger partial charge in [-0.3, -0.25) is 0 Å². The predicted octanol–water partition coefficient (Wildman–Crippen LogP) is -1.79. The maximum Gasteiger partial charge on any atom is 0.187 e. The van der Waals surface area contributed by atoms with Crippen LogP contribution < -0.4 is 0 Å². The Bertz CT molecular complexity index is 1130. The molecule has 17 nitrogen and oxygen atoms in total. The zero-order valence-electron chi connectivity index (χ0n) is 23.0. The van der Waals surface area contributed by atoms with Crippen molar-refractivity contribution in [2.75, 3.05) is 26.9 Å². The molecule has 17 heteroatoms. The predicted molar refractivity (Wildman–Crippen MR) is 137 cm³/mol. The van der Waals surface area contributed by atoms with Crippen LogP contribution in [-0.2, 0) is 42.6 Å². The van der Waals surface area contributed by atoms with E-state index in [1.54, 1.807) is 12.1 Å². The Hall–Kier alpha value is -2.03. The van der Waals surface area contributed by atoms with Gasteiger partial charge in [-0.25, -0.2) is 0 Å². The van der Waals surface area contributed by atoms with Crippen molar-refractivity contribution in [3.8, 4) is 0 Å². The van der Waals surface area contributed by atoms with Crippen molar-refractivity contribution >= 4 is 0 Å². The molecule has 5 heterocycles. The van der Waals surface area contributed by atoms with E-state index in [9.17, 15) is 25.5 Å². The molecule has 16 atom stereocenters. The standard InChI is InChI=1S/C26H35N3O14/c1-35-22-14(28-29-27)24-37-9-13(39-24)21(22)43-25-17(33)15(31)19(11(7-30)38-25)42-26-18(34)16(32)20-12(40-26)8-36-23(41-20)10-5-3-2-4-6-10/h2-6,11-26,30-34H,7-9H2,1H3/t11-,12+,13?,14?,15?,16?,17?,18?,19-,20-,21+,22+,23?,24+,25-,26-/m1/s1. The quantitative estimate of drug-likeness (QED) is 0.124. The van der Waals surface area contributed by atoms with Crippen LogP contribution in [0.25, 0.3) is 10.4 Å². The lowest BCUT2D eigenvalue weighted by molar-refractivity contribution is -0.389. The summed E-state index contributed by atoms with van der Waals surface area (Å²) in [5, 5.41) is 57.6. The highest BCUT2D eigenvalue weighted by atomic mass is 16.8. The first-order valence-corrected chi connectivity index (χ1v) is 14.0. The van der Waals surface area contributed by atoms with E-state index in [-0.39, 0.29) is 13.2 Å². The zero-order chi connectivity index (χ0) is 30.2. The van der Waals surface area contributed by atoms with Crippen molar-refractivity contribution in [2.24, 2.45) is 5.11 Å². The lowest BCUT2D eigenvalue weighted by Crippen LogP contribution is -2.66. The maximum atomic E-state index is 11.1. The number of methoxy groups -OCH3 is 1. The zero-order valence-corrected chi connectivity index (χ0v) is 23.0. The molecule has 238 valence electrons. The number of hydrogen-bond acceptors (Lipinski definition) is 15. The summed E-state index contributed by atoms with van der Waals surface area (Å²) >= 11 is 0. The first-order valence-electron chi connectivity index (χ1n) is 14.0. The largest absolute Gasteiger partial charge is 0.394 e. The van der Waals surface area contributed by atoms with Crippen LogP contribution in [-0.4, -0.2) is 145 Å². The van der Waals surface area contributed by atoms with E-state index in [0.29, 0.717) is 0 Å². The number of aliphatic hydroxyl groups excluding tert-OH is 5. The molecule has 0 aliphatic carbocycles. The summed E-state index contributed by atoms with van der Waals surface area (Å²) in [7, 11) is 1.39. The fraction of sp³-hybridized carbons (Fsp3) is 0.769. The molecule has 0 aromatic heterocycles. The molecule has 5 aliphatic rings. The van der Waals surface area contributed by atoms with E-state index in [0.717, 1.165) is 5.56 Å². The van der Waals surface area contributed by atoms with Gasteiger partial charge in [0, 0.05) is 17.6 Å². The van der Waals surface area contributed by atoms with E-state index in [4.69, 9.17) is 48.2 Å². The second-order valence-corrected chi connectivity index (χ2v) is 10.9. The van der Waals surface area contributed by atoms with E-state index < -0.39 is 105 Å². The van der Waals surface area contributed by atoms with Crippen LogP contribution in [0.1, 0.15) is 11.9 Å². The first-order chi connectivity index (χ1) is 20.8. The van der Waals surface area contributed by atoms with Gasteiger partial charge in [-0.15, -0.1) is 0 Å². The molecule has 0 saturated carbocycles. The molecule has 5 aliphatic heterocycles. The average molecular weight is 614 g/mol. The van der Waals surface area contributed by atoms with Crippen LogP contribution in [0.15, 0.2) is 35.4 Å². The van der Waals surface area contributed by atoms with Gasteiger partial charge in [0.15, 0.2) is 25.2 Å². The summed E-state index contributed by atoms with van der Waals surface area (Å²) < 4.78 is 51.9. The minimum atomic E-state index is -1.71. The molecular formula is C26H35N3O14. The highest BCUT2D eigenvalue weighted by Crippen LogP contribution is 2.38. The highest BCUT2D eigenvalue weighted by Gasteiger charge is 2.56. The van der Waals surface area contributed by atoms with Gasteiger partial charge in [-0.05, 0) is 5.53 Å². The van der Waals surface area contributed by atoms with Crippen LogP contribution >= 0.6 is 0 Å². The molecule has 43 heavy (non-hydrogen) atoms. The van der Waals surface area contributed by atoms with Crippen LogP contribution in [0, 0.1) is 0 Å². The van der Waals surface area contributed by atoms with Crippen molar-refractivity contribution in [2.45, 2.75) is 98.3 Å². The molecule has 6 rings (SSSR count). The van der Waals surface area contributed by atoms with E-state index in [1.807, 2.05) is 18.2 Å². The molecule has 5 fully saturated rings. The molecule has 0 amide bonds. The van der Waals surface area contributed by atoms with Crippen LogP contribution in [0.2, 0.25) is 0 Å². The molecule has 5 N–H and O–H groups in total. The molecular weight excluding hydrogens is 578 g/mol. The lowest BCUT2D eigenvalue weighted by atomic mass is 9.95. The summed E-state index contributed by atoms with van der Waals surface area (Å²) in [5.41, 5.74) is 9.71. The second-order valence-electron chi connectivity index (χ2n) is 10.9. The Morgan fingerprint density at radius 3 is 2.26 bits per heavy atom. The van der Waals surface area contributed by atoms with Gasteiger partial charge in [0.25, 0.3) is 0 Å². The number of hydrogen-bond donors (Lipinski definition) is 5. The topological polar surface area (TPSA) is 233 Å². The van der Waals surface area contributed by atoms with Crippen LogP contribution in [0.5, 0.6) is 0 Å². The van der Waals surface area contributed by atoms with Gasteiger partial charge in [0.1, 0.15) is 67.1 Å². The van der Waals surface area contributed by atoms with Gasteiger partial charge in [0.05, 0.1) is 25.9 Å². The Labute approximate surface area is 245 Å². The molecule has 5 saturated heterocycles. The Morgan fingerprint density at radius 1 is 0.837 bits per heavy atom. The number of nitrogens with zero attached hydrogens (tertiary/aromatic N) is 3. The normalized spacial score (nSPS) is 47.9. The Morgan fingerprint density at radius 2 is 1.53 bits per heavy atom. The van der Waals surface area contributed by atoms with Crippen molar-refractivity contribution in [3.63, 3.8) is 0 Å². The third kappa shape index (κ3) is 5.88. The number of rotatable bonds is 8. The fourth-order valence-electron chi connectivity index (χ4n) is 6.08. The summed E-state index contributed by atoms with van der Waals surface area (Å²) in [6, 6.07) is 8.19. The first kappa shape index (κ1) is 31.0. The summed E-state index contributed by atoms with van der Waals surface area (Å²) in [4.78, 5) is 2.82. The lowest BCUT2D eigenvalue weighted by Gasteiger charge is -2.49.